The number of Topliss-reactive ketones (excluding diaryl/α,β-unsaturated/α-hetero) is 1. The topological polar surface area (TPSA) is 131 Å². The number of carbonyl (C=O) groups excluding carboxylic acids is 2. The lowest BCUT2D eigenvalue weighted by Gasteiger charge is -2.38. The number of furan rings is 1. The minimum absolute atomic E-state index is 0.0995. The van der Waals surface area contributed by atoms with Gasteiger partial charge >= 0.3 is 10.4 Å². The van der Waals surface area contributed by atoms with Crippen molar-refractivity contribution in [3.05, 3.63) is 58.5 Å². The van der Waals surface area contributed by atoms with Crippen LogP contribution in [0.5, 0.6) is 11.5 Å². The molecular formula is C20H14O8S. The van der Waals surface area contributed by atoms with Crippen LogP contribution in [0, 0.1) is 0 Å². The van der Waals surface area contributed by atoms with Crippen molar-refractivity contribution < 1.29 is 36.3 Å². The Hall–Kier alpha value is -3.17. The summed E-state index contributed by atoms with van der Waals surface area (Å²) in [7, 11) is -4.80. The van der Waals surface area contributed by atoms with Crippen LogP contribution in [-0.4, -0.2) is 29.6 Å². The smallest absolute Gasteiger partial charge is 0.446 e. The zero-order valence-corrected chi connectivity index (χ0v) is 15.9. The summed E-state index contributed by atoms with van der Waals surface area (Å²) in [5.41, 5.74) is 1.05. The Labute approximate surface area is 164 Å². The van der Waals surface area contributed by atoms with Crippen molar-refractivity contribution in [1.29, 1.82) is 0 Å². The number of ketones is 2. The Bertz CT molecular complexity index is 1360. The summed E-state index contributed by atoms with van der Waals surface area (Å²) in [5.74, 6) is -0.793. The maximum absolute atomic E-state index is 13.1. The van der Waals surface area contributed by atoms with Crippen molar-refractivity contribution in [3.8, 4) is 11.5 Å². The summed E-state index contributed by atoms with van der Waals surface area (Å²) in [6.07, 6.45) is 2.01. The van der Waals surface area contributed by atoms with E-state index in [0.29, 0.717) is 28.7 Å². The van der Waals surface area contributed by atoms with Gasteiger partial charge in [0.15, 0.2) is 17.3 Å². The molecule has 2 aliphatic carbocycles. The van der Waals surface area contributed by atoms with E-state index < -0.39 is 21.6 Å². The van der Waals surface area contributed by atoms with E-state index in [2.05, 4.69) is 4.18 Å². The molecule has 3 aromatic rings. The minimum Gasteiger partial charge on any atom is -0.507 e. The van der Waals surface area contributed by atoms with Gasteiger partial charge in [-0.1, -0.05) is 6.92 Å². The Morgan fingerprint density at radius 3 is 2.62 bits per heavy atom. The fourth-order valence-corrected chi connectivity index (χ4v) is 4.85. The molecule has 0 saturated heterocycles. The van der Waals surface area contributed by atoms with Gasteiger partial charge < -0.3 is 13.7 Å². The van der Waals surface area contributed by atoms with E-state index in [9.17, 15) is 23.1 Å². The van der Waals surface area contributed by atoms with Gasteiger partial charge in [0.2, 0.25) is 5.78 Å². The maximum Gasteiger partial charge on any atom is 0.446 e. The van der Waals surface area contributed by atoms with E-state index in [1.807, 2.05) is 6.92 Å². The molecule has 0 radical (unpaired) electrons. The molecule has 0 aliphatic heterocycles. The second kappa shape index (κ2) is 5.46. The van der Waals surface area contributed by atoms with Crippen LogP contribution in [-0.2, 0) is 15.8 Å². The molecule has 9 heteroatoms. The van der Waals surface area contributed by atoms with Gasteiger partial charge in [-0.05, 0) is 36.2 Å². The molecular weight excluding hydrogens is 400 g/mol. The Kier molecular flexibility index (Phi) is 3.37. The second-order valence-electron chi connectivity index (χ2n) is 7.48. The van der Waals surface area contributed by atoms with Crippen LogP contribution in [0.25, 0.3) is 10.8 Å². The summed E-state index contributed by atoms with van der Waals surface area (Å²) in [5, 5.41) is 10.7. The fraction of sp³-hybridized carbons (Fsp3) is 0.200. The van der Waals surface area contributed by atoms with Crippen LogP contribution < -0.4 is 4.18 Å². The molecule has 1 aromatic heterocycles. The lowest BCUT2D eigenvalue weighted by atomic mass is 9.62. The molecule has 0 amide bonds. The molecule has 8 nitrogen and oxygen atoms in total. The number of carbonyl (C=O) groups is 2. The van der Waals surface area contributed by atoms with E-state index in [4.69, 9.17) is 8.97 Å². The van der Waals surface area contributed by atoms with Gasteiger partial charge in [-0.3, -0.25) is 14.1 Å². The number of rotatable bonds is 2. The van der Waals surface area contributed by atoms with E-state index in [-0.39, 0.29) is 40.2 Å². The molecule has 1 heterocycles. The van der Waals surface area contributed by atoms with Crippen molar-refractivity contribution in [2.24, 2.45) is 0 Å². The molecule has 148 valence electrons. The van der Waals surface area contributed by atoms with Gasteiger partial charge in [0.05, 0.1) is 5.56 Å². The van der Waals surface area contributed by atoms with Crippen LogP contribution in [0.15, 0.2) is 34.9 Å². The third kappa shape index (κ3) is 2.37. The van der Waals surface area contributed by atoms with Gasteiger partial charge in [0, 0.05) is 33.7 Å². The zero-order valence-electron chi connectivity index (χ0n) is 15.1. The lowest BCUT2D eigenvalue weighted by Crippen LogP contribution is -2.37. The molecule has 2 aromatic carbocycles. The van der Waals surface area contributed by atoms with Gasteiger partial charge in [0.25, 0.3) is 0 Å². The summed E-state index contributed by atoms with van der Waals surface area (Å²) in [6, 6.07) is 5.44. The molecule has 1 unspecified atom stereocenters. The molecule has 2 N–H and O–H groups in total. The third-order valence-electron chi connectivity index (χ3n) is 5.83. The lowest BCUT2D eigenvalue weighted by molar-refractivity contribution is 0.0958. The molecule has 0 spiro atoms. The van der Waals surface area contributed by atoms with E-state index in [1.54, 1.807) is 6.07 Å². The van der Waals surface area contributed by atoms with Crippen molar-refractivity contribution in [2.75, 3.05) is 0 Å². The summed E-state index contributed by atoms with van der Waals surface area (Å²) in [4.78, 5) is 25.4. The maximum atomic E-state index is 13.1. The third-order valence-corrected chi connectivity index (χ3v) is 6.22. The first-order chi connectivity index (χ1) is 13.6. The quantitative estimate of drug-likeness (QED) is 0.612. The standard InChI is InChI=1S/C20H14O8S/c1-20-5-4-15(22)12-8-27-19(17(12)20)18(23)11-6-9-10(7-13(11)20)16(3-2-14(9)21)28-29(24,25)26/h2-3,6-8,21H,4-5H2,1H3,(H,24,25,26). The summed E-state index contributed by atoms with van der Waals surface area (Å²) in [6.45, 7) is 1.89. The fourth-order valence-electron chi connectivity index (χ4n) is 4.47. The van der Waals surface area contributed by atoms with Crippen molar-refractivity contribution in [3.63, 3.8) is 0 Å². The number of hydrogen-bond acceptors (Lipinski definition) is 7. The van der Waals surface area contributed by atoms with Gasteiger partial charge in [-0.25, -0.2) is 0 Å². The first kappa shape index (κ1) is 17.9. The average molecular weight is 414 g/mol. The van der Waals surface area contributed by atoms with Crippen molar-refractivity contribution in [1.82, 2.24) is 0 Å². The largest absolute Gasteiger partial charge is 0.507 e. The monoisotopic (exact) mass is 414 g/mol. The molecule has 0 bridgehead atoms. The SMILES string of the molecule is CC12CCC(=O)c3coc(c31)C(=O)c1cc3c(O)ccc(OS(=O)(=O)O)c3cc12. The van der Waals surface area contributed by atoms with Crippen molar-refractivity contribution >= 4 is 32.7 Å². The Balaban J connectivity index is 1.86. The minimum atomic E-state index is -4.80. The molecule has 29 heavy (non-hydrogen) atoms. The Morgan fingerprint density at radius 1 is 1.14 bits per heavy atom. The number of fused-ring (bicyclic) bond motifs is 3. The highest BCUT2D eigenvalue weighted by molar-refractivity contribution is 7.81. The normalized spacial score (nSPS) is 20.5. The van der Waals surface area contributed by atoms with E-state index in [1.165, 1.54) is 24.5 Å². The van der Waals surface area contributed by atoms with Gasteiger partial charge in [0.1, 0.15) is 12.0 Å². The predicted molar refractivity (Wildman–Crippen MR) is 99.9 cm³/mol. The molecule has 1 atom stereocenters. The molecule has 2 aliphatic rings. The first-order valence-corrected chi connectivity index (χ1v) is 10.1. The van der Waals surface area contributed by atoms with Gasteiger partial charge in [-0.2, -0.15) is 8.42 Å². The van der Waals surface area contributed by atoms with Crippen LogP contribution in [0.2, 0.25) is 0 Å². The number of phenols is 1. The zero-order chi connectivity index (χ0) is 20.7. The molecule has 0 fully saturated rings. The first-order valence-electron chi connectivity index (χ1n) is 8.77. The van der Waals surface area contributed by atoms with Gasteiger partial charge in [-0.15, -0.1) is 0 Å². The molecule has 5 rings (SSSR count). The number of phenolic OH excluding ortho intramolecular Hbond substituents is 1. The predicted octanol–water partition coefficient (Wildman–Crippen LogP) is 3.15. The highest BCUT2D eigenvalue weighted by atomic mass is 32.3. The summed E-state index contributed by atoms with van der Waals surface area (Å²) < 4.78 is 41.7. The highest BCUT2D eigenvalue weighted by Gasteiger charge is 2.48. The van der Waals surface area contributed by atoms with E-state index >= 15 is 0 Å². The number of hydrogen-bond donors (Lipinski definition) is 2. The van der Waals surface area contributed by atoms with Crippen LogP contribution in [0.3, 0.4) is 0 Å². The van der Waals surface area contributed by atoms with Crippen molar-refractivity contribution in [2.45, 2.75) is 25.2 Å². The second-order valence-corrected chi connectivity index (χ2v) is 8.50. The van der Waals surface area contributed by atoms with Crippen LogP contribution >= 0.6 is 0 Å². The molecule has 0 saturated carbocycles. The average Bonchev–Trinajstić information content (AvgIpc) is 3.11. The van der Waals surface area contributed by atoms with Crippen LogP contribution in [0.4, 0.5) is 0 Å². The Morgan fingerprint density at radius 2 is 1.90 bits per heavy atom. The number of aromatic hydroxyl groups is 1. The summed E-state index contributed by atoms with van der Waals surface area (Å²) >= 11 is 0. The van der Waals surface area contributed by atoms with Crippen LogP contribution in [0.1, 0.15) is 57.4 Å². The van der Waals surface area contributed by atoms with E-state index in [0.717, 1.165) is 0 Å². The number of benzene rings is 2. The highest BCUT2D eigenvalue weighted by Crippen LogP contribution is 2.51.